The quantitative estimate of drug-likeness (QED) is 0.682. The lowest BCUT2D eigenvalue weighted by atomic mass is 10.0. The Hall–Kier alpha value is -0.900. The Kier molecular flexibility index (Phi) is 7.65. The normalized spacial score (nSPS) is 11.1. The molecular formula is C15H26N2O. The van der Waals surface area contributed by atoms with Gasteiger partial charge in [-0.15, -0.1) is 0 Å². The van der Waals surface area contributed by atoms with Crippen LogP contribution in [0.15, 0.2) is 24.3 Å². The van der Waals surface area contributed by atoms with Gasteiger partial charge in [-0.3, -0.25) is 0 Å². The Labute approximate surface area is 111 Å². The van der Waals surface area contributed by atoms with E-state index in [4.69, 9.17) is 10.5 Å². The molecule has 0 amide bonds. The molecule has 1 aromatic carbocycles. The Balaban J connectivity index is 2.41. The first kappa shape index (κ1) is 15.2. The monoisotopic (exact) mass is 250 g/mol. The van der Waals surface area contributed by atoms with Crippen LogP contribution in [0.5, 0.6) is 0 Å². The summed E-state index contributed by atoms with van der Waals surface area (Å²) in [4.78, 5) is 2.42. The zero-order valence-electron chi connectivity index (χ0n) is 11.7. The average Bonchev–Trinajstić information content (AvgIpc) is 2.43. The standard InChI is InChI=1S/C15H26N2O/c1-3-17(11-12-18-4-2)10-9-14-7-5-6-8-15(14)13-16/h5-8H,3-4,9-13,16H2,1-2H3. The lowest BCUT2D eigenvalue weighted by molar-refractivity contribution is 0.115. The molecule has 3 nitrogen and oxygen atoms in total. The molecule has 2 N–H and O–H groups in total. The van der Waals surface area contributed by atoms with Gasteiger partial charge in [-0.1, -0.05) is 31.2 Å². The Morgan fingerprint density at radius 3 is 2.44 bits per heavy atom. The van der Waals surface area contributed by atoms with Crippen LogP contribution in [-0.4, -0.2) is 37.7 Å². The van der Waals surface area contributed by atoms with E-state index in [-0.39, 0.29) is 0 Å². The highest BCUT2D eigenvalue weighted by Crippen LogP contribution is 2.09. The van der Waals surface area contributed by atoms with Gasteiger partial charge >= 0.3 is 0 Å². The highest BCUT2D eigenvalue weighted by molar-refractivity contribution is 5.27. The predicted molar refractivity (Wildman–Crippen MR) is 76.6 cm³/mol. The van der Waals surface area contributed by atoms with Crippen LogP contribution in [0, 0.1) is 0 Å². The number of hydrogen-bond donors (Lipinski definition) is 1. The maximum absolute atomic E-state index is 5.75. The zero-order valence-corrected chi connectivity index (χ0v) is 11.7. The van der Waals surface area contributed by atoms with Gasteiger partial charge in [0.05, 0.1) is 6.61 Å². The SMILES string of the molecule is CCOCCN(CC)CCc1ccccc1CN. The van der Waals surface area contributed by atoms with Crippen molar-refractivity contribution in [3.05, 3.63) is 35.4 Å². The summed E-state index contributed by atoms with van der Waals surface area (Å²) in [6.45, 7) is 9.62. The van der Waals surface area contributed by atoms with Crippen molar-refractivity contribution in [2.45, 2.75) is 26.8 Å². The Morgan fingerprint density at radius 1 is 1.11 bits per heavy atom. The summed E-state index contributed by atoms with van der Waals surface area (Å²) in [7, 11) is 0. The molecule has 0 aliphatic heterocycles. The number of likely N-dealkylation sites (N-methyl/N-ethyl adjacent to an activating group) is 1. The van der Waals surface area contributed by atoms with E-state index in [0.717, 1.165) is 39.3 Å². The zero-order chi connectivity index (χ0) is 13.2. The topological polar surface area (TPSA) is 38.5 Å². The summed E-state index contributed by atoms with van der Waals surface area (Å²) in [5, 5.41) is 0. The highest BCUT2D eigenvalue weighted by Gasteiger charge is 2.05. The minimum absolute atomic E-state index is 0.626. The second-order valence-electron chi connectivity index (χ2n) is 4.35. The highest BCUT2D eigenvalue weighted by atomic mass is 16.5. The van der Waals surface area contributed by atoms with Crippen LogP contribution >= 0.6 is 0 Å². The van der Waals surface area contributed by atoms with E-state index in [2.05, 4.69) is 36.1 Å². The maximum atomic E-state index is 5.75. The van der Waals surface area contributed by atoms with E-state index in [9.17, 15) is 0 Å². The van der Waals surface area contributed by atoms with E-state index in [1.54, 1.807) is 0 Å². The van der Waals surface area contributed by atoms with Crippen molar-refractivity contribution in [2.24, 2.45) is 5.73 Å². The molecule has 1 aromatic rings. The molecule has 0 aliphatic carbocycles. The van der Waals surface area contributed by atoms with Crippen LogP contribution in [0.2, 0.25) is 0 Å². The van der Waals surface area contributed by atoms with Gasteiger partial charge in [0.15, 0.2) is 0 Å². The van der Waals surface area contributed by atoms with Crippen LogP contribution in [0.3, 0.4) is 0 Å². The third-order valence-electron chi connectivity index (χ3n) is 3.24. The number of nitrogens with zero attached hydrogens (tertiary/aromatic N) is 1. The molecule has 0 radical (unpaired) electrons. The van der Waals surface area contributed by atoms with Crippen LogP contribution in [0.4, 0.5) is 0 Å². The van der Waals surface area contributed by atoms with E-state index in [1.807, 2.05) is 6.92 Å². The van der Waals surface area contributed by atoms with Crippen molar-refractivity contribution < 1.29 is 4.74 Å². The molecular weight excluding hydrogens is 224 g/mol. The Morgan fingerprint density at radius 2 is 1.83 bits per heavy atom. The average molecular weight is 250 g/mol. The number of rotatable bonds is 9. The molecule has 102 valence electrons. The molecule has 0 heterocycles. The second-order valence-corrected chi connectivity index (χ2v) is 4.35. The van der Waals surface area contributed by atoms with Crippen molar-refractivity contribution in [2.75, 3.05) is 32.8 Å². The van der Waals surface area contributed by atoms with Crippen molar-refractivity contribution >= 4 is 0 Å². The molecule has 0 bridgehead atoms. The van der Waals surface area contributed by atoms with Gasteiger partial charge in [0.25, 0.3) is 0 Å². The molecule has 0 unspecified atom stereocenters. The summed E-state index contributed by atoms with van der Waals surface area (Å²) in [6, 6.07) is 8.44. The minimum atomic E-state index is 0.626. The third kappa shape index (κ3) is 5.17. The summed E-state index contributed by atoms with van der Waals surface area (Å²) in [5.74, 6) is 0. The molecule has 0 saturated heterocycles. The lowest BCUT2D eigenvalue weighted by Gasteiger charge is -2.20. The maximum Gasteiger partial charge on any atom is 0.0593 e. The molecule has 3 heteroatoms. The number of benzene rings is 1. The first-order valence-corrected chi connectivity index (χ1v) is 6.88. The predicted octanol–water partition coefficient (Wildman–Crippen LogP) is 2.05. The van der Waals surface area contributed by atoms with Crippen molar-refractivity contribution in [1.82, 2.24) is 4.90 Å². The van der Waals surface area contributed by atoms with Crippen LogP contribution in [0.1, 0.15) is 25.0 Å². The summed E-state index contributed by atoms with van der Waals surface area (Å²) in [5.41, 5.74) is 8.39. The first-order chi connectivity index (χ1) is 8.81. The molecule has 0 aromatic heterocycles. The van der Waals surface area contributed by atoms with Crippen LogP contribution in [0.25, 0.3) is 0 Å². The van der Waals surface area contributed by atoms with Gasteiger partial charge in [-0.2, -0.15) is 0 Å². The van der Waals surface area contributed by atoms with Crippen molar-refractivity contribution in [3.8, 4) is 0 Å². The molecule has 18 heavy (non-hydrogen) atoms. The van der Waals surface area contributed by atoms with E-state index >= 15 is 0 Å². The molecule has 0 aliphatic rings. The molecule has 0 atom stereocenters. The minimum Gasteiger partial charge on any atom is -0.380 e. The van der Waals surface area contributed by atoms with Gasteiger partial charge in [0.2, 0.25) is 0 Å². The van der Waals surface area contributed by atoms with Crippen LogP contribution in [-0.2, 0) is 17.7 Å². The van der Waals surface area contributed by atoms with Crippen molar-refractivity contribution in [1.29, 1.82) is 0 Å². The fraction of sp³-hybridized carbons (Fsp3) is 0.600. The smallest absolute Gasteiger partial charge is 0.0593 e. The summed E-state index contributed by atoms with van der Waals surface area (Å²) >= 11 is 0. The largest absolute Gasteiger partial charge is 0.380 e. The number of ether oxygens (including phenoxy) is 1. The number of nitrogens with two attached hydrogens (primary N) is 1. The van der Waals surface area contributed by atoms with Gasteiger partial charge < -0.3 is 15.4 Å². The molecule has 0 fully saturated rings. The molecule has 1 rings (SSSR count). The molecule has 0 saturated carbocycles. The van der Waals surface area contributed by atoms with Gasteiger partial charge in [-0.05, 0) is 31.0 Å². The second kappa shape index (κ2) is 9.09. The van der Waals surface area contributed by atoms with Gasteiger partial charge in [0.1, 0.15) is 0 Å². The first-order valence-electron chi connectivity index (χ1n) is 6.88. The number of hydrogen-bond acceptors (Lipinski definition) is 3. The molecule has 0 spiro atoms. The van der Waals surface area contributed by atoms with Crippen LogP contribution < -0.4 is 5.73 Å². The van der Waals surface area contributed by atoms with Crippen molar-refractivity contribution in [3.63, 3.8) is 0 Å². The Bertz CT molecular complexity index is 328. The van der Waals surface area contributed by atoms with Gasteiger partial charge in [0, 0.05) is 26.2 Å². The van der Waals surface area contributed by atoms with E-state index in [1.165, 1.54) is 11.1 Å². The van der Waals surface area contributed by atoms with Gasteiger partial charge in [-0.25, -0.2) is 0 Å². The summed E-state index contributed by atoms with van der Waals surface area (Å²) in [6.07, 6.45) is 1.06. The third-order valence-corrected chi connectivity index (χ3v) is 3.24. The fourth-order valence-corrected chi connectivity index (χ4v) is 2.05. The fourth-order valence-electron chi connectivity index (χ4n) is 2.05. The summed E-state index contributed by atoms with van der Waals surface area (Å²) < 4.78 is 5.40. The lowest BCUT2D eigenvalue weighted by Crippen LogP contribution is -2.29. The van der Waals surface area contributed by atoms with E-state index < -0.39 is 0 Å². The van der Waals surface area contributed by atoms with E-state index in [0.29, 0.717) is 6.54 Å².